The molecule has 0 saturated carbocycles. The molecule has 0 atom stereocenters. The Bertz CT molecular complexity index is 1330. The SMILES string of the molecule is CS(=O)(=O)c1cccc(NC(=O)c2cnn3ccc(-c4ccc(Cl)cc4)nc23)c1. The van der Waals surface area contributed by atoms with Crippen LogP contribution in [0.5, 0.6) is 0 Å². The van der Waals surface area contributed by atoms with Gasteiger partial charge in [0.25, 0.3) is 5.91 Å². The quantitative estimate of drug-likeness (QED) is 0.537. The highest BCUT2D eigenvalue weighted by atomic mass is 35.5. The summed E-state index contributed by atoms with van der Waals surface area (Å²) < 4.78 is 24.9. The van der Waals surface area contributed by atoms with Crippen LogP contribution < -0.4 is 5.32 Å². The zero-order valence-corrected chi connectivity index (χ0v) is 16.8. The van der Waals surface area contributed by atoms with Gasteiger partial charge in [0, 0.05) is 28.7 Å². The van der Waals surface area contributed by atoms with Gasteiger partial charge < -0.3 is 5.32 Å². The van der Waals surface area contributed by atoms with E-state index >= 15 is 0 Å². The number of carbonyl (C=O) groups is 1. The molecule has 1 amide bonds. The summed E-state index contributed by atoms with van der Waals surface area (Å²) in [4.78, 5) is 17.4. The average molecular weight is 427 g/mol. The van der Waals surface area contributed by atoms with Crippen molar-refractivity contribution in [2.45, 2.75) is 4.90 Å². The Kier molecular flexibility index (Phi) is 4.81. The Hall–Kier alpha value is -3.23. The normalized spacial score (nSPS) is 11.5. The molecule has 2 aromatic heterocycles. The molecule has 146 valence electrons. The van der Waals surface area contributed by atoms with Crippen LogP contribution in [0.15, 0.2) is 71.9 Å². The van der Waals surface area contributed by atoms with Crippen LogP contribution in [-0.4, -0.2) is 35.2 Å². The zero-order valence-electron chi connectivity index (χ0n) is 15.2. The standard InChI is InChI=1S/C20H15ClN4O3S/c1-29(27,28)16-4-2-3-15(11-16)23-20(26)17-12-22-25-10-9-18(24-19(17)25)13-5-7-14(21)8-6-13/h2-12H,1H3,(H,23,26). The molecule has 29 heavy (non-hydrogen) atoms. The molecule has 0 bridgehead atoms. The van der Waals surface area contributed by atoms with Crippen LogP contribution in [0.4, 0.5) is 5.69 Å². The number of halogens is 1. The van der Waals surface area contributed by atoms with Gasteiger partial charge in [-0.1, -0.05) is 29.8 Å². The zero-order chi connectivity index (χ0) is 20.6. The van der Waals surface area contributed by atoms with E-state index < -0.39 is 15.7 Å². The molecule has 9 heteroatoms. The highest BCUT2D eigenvalue weighted by Gasteiger charge is 2.16. The van der Waals surface area contributed by atoms with Crippen molar-refractivity contribution in [1.82, 2.24) is 14.6 Å². The van der Waals surface area contributed by atoms with Gasteiger partial charge in [-0.3, -0.25) is 4.79 Å². The highest BCUT2D eigenvalue weighted by molar-refractivity contribution is 7.90. The van der Waals surface area contributed by atoms with Gasteiger partial charge in [-0.05, 0) is 36.4 Å². The van der Waals surface area contributed by atoms with E-state index in [1.54, 1.807) is 36.5 Å². The Morgan fingerprint density at radius 3 is 2.59 bits per heavy atom. The summed E-state index contributed by atoms with van der Waals surface area (Å²) >= 11 is 5.93. The first-order valence-corrected chi connectivity index (χ1v) is 10.8. The molecule has 4 aromatic rings. The summed E-state index contributed by atoms with van der Waals surface area (Å²) in [7, 11) is -3.38. The topological polar surface area (TPSA) is 93.4 Å². The summed E-state index contributed by atoms with van der Waals surface area (Å²) in [5.41, 5.74) is 2.54. The van der Waals surface area contributed by atoms with Crippen molar-refractivity contribution in [3.8, 4) is 11.3 Å². The summed E-state index contributed by atoms with van der Waals surface area (Å²) in [6.45, 7) is 0. The van der Waals surface area contributed by atoms with Crippen molar-refractivity contribution in [3.05, 3.63) is 77.6 Å². The Morgan fingerprint density at radius 1 is 1.10 bits per heavy atom. The fourth-order valence-corrected chi connectivity index (χ4v) is 3.61. The summed E-state index contributed by atoms with van der Waals surface area (Å²) in [5, 5.41) is 7.49. The van der Waals surface area contributed by atoms with Crippen LogP contribution in [-0.2, 0) is 9.84 Å². The van der Waals surface area contributed by atoms with Gasteiger partial charge in [0.05, 0.1) is 16.8 Å². The molecule has 0 radical (unpaired) electrons. The number of amides is 1. The largest absolute Gasteiger partial charge is 0.322 e. The third-order valence-electron chi connectivity index (χ3n) is 4.27. The number of nitrogens with zero attached hydrogens (tertiary/aromatic N) is 3. The van der Waals surface area contributed by atoms with Crippen molar-refractivity contribution in [2.24, 2.45) is 0 Å². The van der Waals surface area contributed by atoms with E-state index in [1.165, 1.54) is 22.8 Å². The van der Waals surface area contributed by atoms with Crippen molar-refractivity contribution >= 4 is 38.7 Å². The van der Waals surface area contributed by atoms with Crippen LogP contribution in [0.2, 0.25) is 5.02 Å². The third kappa shape index (κ3) is 3.98. The van der Waals surface area contributed by atoms with Gasteiger partial charge in [-0.15, -0.1) is 0 Å². The molecule has 4 rings (SSSR count). The minimum atomic E-state index is -3.38. The van der Waals surface area contributed by atoms with Crippen molar-refractivity contribution < 1.29 is 13.2 Å². The number of hydrogen-bond acceptors (Lipinski definition) is 5. The predicted molar refractivity (Wildman–Crippen MR) is 111 cm³/mol. The number of anilines is 1. The lowest BCUT2D eigenvalue weighted by Gasteiger charge is -2.06. The van der Waals surface area contributed by atoms with Gasteiger partial charge in [0.15, 0.2) is 15.5 Å². The second kappa shape index (κ2) is 7.31. The molecular formula is C20H15ClN4O3S. The van der Waals surface area contributed by atoms with Crippen LogP contribution >= 0.6 is 11.6 Å². The second-order valence-corrected chi connectivity index (χ2v) is 8.85. The summed E-state index contributed by atoms with van der Waals surface area (Å²) in [6, 6.07) is 15.1. The number of sulfone groups is 1. The number of aromatic nitrogens is 3. The maximum Gasteiger partial charge on any atom is 0.261 e. The highest BCUT2D eigenvalue weighted by Crippen LogP contribution is 2.22. The van der Waals surface area contributed by atoms with Crippen LogP contribution in [0, 0.1) is 0 Å². The Labute approximate surface area is 171 Å². The monoisotopic (exact) mass is 426 g/mol. The molecule has 0 aliphatic rings. The van der Waals surface area contributed by atoms with Crippen molar-refractivity contribution in [3.63, 3.8) is 0 Å². The first kappa shape index (κ1) is 19.1. The van der Waals surface area contributed by atoms with E-state index in [2.05, 4.69) is 15.4 Å². The van der Waals surface area contributed by atoms with E-state index in [-0.39, 0.29) is 10.5 Å². The molecule has 0 fully saturated rings. The van der Waals surface area contributed by atoms with Crippen LogP contribution in [0.1, 0.15) is 10.4 Å². The summed E-state index contributed by atoms with van der Waals surface area (Å²) in [5.74, 6) is -0.439. The number of nitrogens with one attached hydrogen (secondary N) is 1. The molecule has 2 heterocycles. The lowest BCUT2D eigenvalue weighted by molar-refractivity contribution is 0.102. The number of carbonyl (C=O) groups excluding carboxylic acids is 1. The maximum atomic E-state index is 12.8. The molecule has 2 aromatic carbocycles. The van der Waals surface area contributed by atoms with E-state index in [4.69, 9.17) is 11.6 Å². The molecule has 0 saturated heterocycles. The smallest absolute Gasteiger partial charge is 0.261 e. The van der Waals surface area contributed by atoms with Crippen LogP contribution in [0.25, 0.3) is 16.9 Å². The first-order valence-electron chi connectivity index (χ1n) is 8.53. The van der Waals surface area contributed by atoms with Gasteiger partial charge in [-0.25, -0.2) is 17.9 Å². The van der Waals surface area contributed by atoms with E-state index in [0.29, 0.717) is 22.1 Å². The molecule has 7 nitrogen and oxygen atoms in total. The minimum Gasteiger partial charge on any atom is -0.322 e. The number of fused-ring (bicyclic) bond motifs is 1. The maximum absolute atomic E-state index is 12.8. The average Bonchev–Trinajstić information content (AvgIpc) is 3.11. The van der Waals surface area contributed by atoms with Crippen LogP contribution in [0.3, 0.4) is 0 Å². The molecule has 0 spiro atoms. The third-order valence-corrected chi connectivity index (χ3v) is 5.64. The predicted octanol–water partition coefficient (Wildman–Crippen LogP) is 3.71. The Balaban J connectivity index is 1.68. The van der Waals surface area contributed by atoms with Gasteiger partial charge in [0.1, 0.15) is 5.56 Å². The van der Waals surface area contributed by atoms with Gasteiger partial charge in [0.2, 0.25) is 0 Å². The second-order valence-electron chi connectivity index (χ2n) is 6.40. The first-order chi connectivity index (χ1) is 13.8. The molecular weight excluding hydrogens is 412 g/mol. The van der Waals surface area contributed by atoms with E-state index in [0.717, 1.165) is 11.8 Å². The van der Waals surface area contributed by atoms with Gasteiger partial charge >= 0.3 is 0 Å². The number of hydrogen-bond donors (Lipinski definition) is 1. The van der Waals surface area contributed by atoms with Crippen molar-refractivity contribution in [1.29, 1.82) is 0 Å². The van der Waals surface area contributed by atoms with Crippen molar-refractivity contribution in [2.75, 3.05) is 11.6 Å². The van der Waals surface area contributed by atoms with E-state index in [1.807, 2.05) is 12.1 Å². The van der Waals surface area contributed by atoms with Gasteiger partial charge in [-0.2, -0.15) is 5.10 Å². The summed E-state index contributed by atoms with van der Waals surface area (Å²) in [6.07, 6.45) is 4.25. The Morgan fingerprint density at radius 2 is 1.86 bits per heavy atom. The fourth-order valence-electron chi connectivity index (χ4n) is 2.81. The molecule has 0 aliphatic heterocycles. The van der Waals surface area contributed by atoms with E-state index in [9.17, 15) is 13.2 Å². The minimum absolute atomic E-state index is 0.123. The molecule has 1 N–H and O–H groups in total. The lowest BCUT2D eigenvalue weighted by atomic mass is 10.1. The number of benzene rings is 2. The fraction of sp³-hybridized carbons (Fsp3) is 0.0500. The molecule has 0 aliphatic carbocycles. The lowest BCUT2D eigenvalue weighted by Crippen LogP contribution is -2.12. The number of rotatable bonds is 4. The molecule has 0 unspecified atom stereocenters.